The van der Waals surface area contributed by atoms with Crippen molar-refractivity contribution in [2.45, 2.75) is 19.8 Å². The van der Waals surface area contributed by atoms with E-state index in [0.29, 0.717) is 18.1 Å². The molecule has 0 saturated carbocycles. The molecule has 0 radical (unpaired) electrons. The van der Waals surface area contributed by atoms with Crippen LogP contribution in [0.2, 0.25) is 0 Å². The largest absolute Gasteiger partial charge is 0.573 e. The smallest absolute Gasteiger partial charge is 0.460 e. The zero-order chi connectivity index (χ0) is 14.6. The molecule has 1 N–H and O–H groups in total. The molecule has 2 rings (SSSR count). The second kappa shape index (κ2) is 6.00. The number of ether oxygens (including phenoxy) is 1. The SMILES string of the molecule is CCNCc1ccc(-c2ccccc2OC(F)(F)F)o1. The van der Waals surface area contributed by atoms with Crippen LogP contribution >= 0.6 is 0 Å². The van der Waals surface area contributed by atoms with Crippen molar-refractivity contribution in [3.05, 3.63) is 42.2 Å². The van der Waals surface area contributed by atoms with Crippen molar-refractivity contribution >= 4 is 0 Å². The van der Waals surface area contributed by atoms with Crippen molar-refractivity contribution in [1.82, 2.24) is 5.32 Å². The summed E-state index contributed by atoms with van der Waals surface area (Å²) in [7, 11) is 0. The van der Waals surface area contributed by atoms with E-state index < -0.39 is 6.36 Å². The first-order valence-corrected chi connectivity index (χ1v) is 6.14. The number of hydrogen-bond donors (Lipinski definition) is 1. The number of para-hydroxylation sites is 1. The van der Waals surface area contributed by atoms with E-state index in [4.69, 9.17) is 4.42 Å². The first-order valence-electron chi connectivity index (χ1n) is 6.14. The number of nitrogens with one attached hydrogen (secondary N) is 1. The maximum Gasteiger partial charge on any atom is 0.573 e. The summed E-state index contributed by atoms with van der Waals surface area (Å²) in [6.07, 6.45) is -4.73. The fraction of sp³-hybridized carbons (Fsp3) is 0.286. The molecule has 1 aromatic heterocycles. The minimum absolute atomic E-state index is 0.271. The Morgan fingerprint density at radius 3 is 2.60 bits per heavy atom. The normalized spacial score (nSPS) is 11.6. The fourth-order valence-corrected chi connectivity index (χ4v) is 1.75. The van der Waals surface area contributed by atoms with Crippen molar-refractivity contribution in [3.8, 4) is 17.1 Å². The highest BCUT2D eigenvalue weighted by Gasteiger charge is 2.32. The summed E-state index contributed by atoms with van der Waals surface area (Å²) in [4.78, 5) is 0. The predicted octanol–water partition coefficient (Wildman–Crippen LogP) is 3.95. The average molecular weight is 285 g/mol. The standard InChI is InChI=1S/C14H14F3NO2/c1-2-18-9-10-7-8-12(19-10)11-5-3-4-6-13(11)20-14(15,16)17/h3-8,18H,2,9H2,1H3. The lowest BCUT2D eigenvalue weighted by Crippen LogP contribution is -2.17. The second-order valence-electron chi connectivity index (χ2n) is 4.09. The van der Waals surface area contributed by atoms with Gasteiger partial charge in [-0.05, 0) is 30.8 Å². The molecule has 0 aliphatic heterocycles. The Kier molecular flexibility index (Phi) is 4.34. The van der Waals surface area contributed by atoms with Crippen LogP contribution in [0.4, 0.5) is 13.2 Å². The van der Waals surface area contributed by atoms with Crippen LogP contribution in [0, 0.1) is 0 Å². The molecule has 0 fully saturated rings. The number of benzene rings is 1. The highest BCUT2D eigenvalue weighted by atomic mass is 19.4. The number of rotatable bonds is 5. The molecule has 0 saturated heterocycles. The monoisotopic (exact) mass is 285 g/mol. The van der Waals surface area contributed by atoms with Crippen LogP contribution in [-0.2, 0) is 6.54 Å². The van der Waals surface area contributed by atoms with Crippen molar-refractivity contribution in [3.63, 3.8) is 0 Å². The van der Waals surface area contributed by atoms with Crippen molar-refractivity contribution in [2.24, 2.45) is 0 Å². The molecule has 0 atom stereocenters. The number of halogens is 3. The van der Waals surface area contributed by atoms with E-state index in [2.05, 4.69) is 10.1 Å². The molecule has 2 aromatic rings. The zero-order valence-electron chi connectivity index (χ0n) is 10.8. The van der Waals surface area contributed by atoms with Gasteiger partial charge in [-0.3, -0.25) is 0 Å². The molecule has 0 spiro atoms. The van der Waals surface area contributed by atoms with E-state index in [0.717, 1.165) is 6.54 Å². The molecule has 108 valence electrons. The zero-order valence-corrected chi connectivity index (χ0v) is 10.8. The number of furan rings is 1. The summed E-state index contributed by atoms with van der Waals surface area (Å²) in [5.41, 5.74) is 0.271. The molecule has 3 nitrogen and oxygen atoms in total. The maximum absolute atomic E-state index is 12.3. The third-order valence-electron chi connectivity index (χ3n) is 2.59. The third-order valence-corrected chi connectivity index (χ3v) is 2.59. The molecular weight excluding hydrogens is 271 g/mol. The molecule has 0 unspecified atom stereocenters. The van der Waals surface area contributed by atoms with E-state index in [-0.39, 0.29) is 11.3 Å². The predicted molar refractivity (Wildman–Crippen MR) is 68.2 cm³/mol. The van der Waals surface area contributed by atoms with Crippen LogP contribution < -0.4 is 10.1 Å². The van der Waals surface area contributed by atoms with Crippen LogP contribution in [0.25, 0.3) is 11.3 Å². The minimum atomic E-state index is -4.73. The third kappa shape index (κ3) is 3.77. The molecule has 0 amide bonds. The van der Waals surface area contributed by atoms with E-state index in [1.807, 2.05) is 6.92 Å². The van der Waals surface area contributed by atoms with Gasteiger partial charge in [-0.2, -0.15) is 0 Å². The Labute approximate surface area is 114 Å². The van der Waals surface area contributed by atoms with Gasteiger partial charge in [0, 0.05) is 0 Å². The van der Waals surface area contributed by atoms with Gasteiger partial charge in [-0.15, -0.1) is 13.2 Å². The van der Waals surface area contributed by atoms with E-state index in [1.165, 1.54) is 18.2 Å². The van der Waals surface area contributed by atoms with Crippen molar-refractivity contribution in [1.29, 1.82) is 0 Å². The van der Waals surface area contributed by atoms with Gasteiger partial charge in [-0.25, -0.2) is 0 Å². The minimum Gasteiger partial charge on any atom is -0.460 e. The Bertz CT molecular complexity index is 564. The molecule has 1 aromatic carbocycles. The Hall–Kier alpha value is -1.95. The Morgan fingerprint density at radius 2 is 1.90 bits per heavy atom. The van der Waals surface area contributed by atoms with Crippen LogP contribution in [0.5, 0.6) is 5.75 Å². The molecule has 0 aliphatic rings. The van der Waals surface area contributed by atoms with Gasteiger partial charge < -0.3 is 14.5 Å². The summed E-state index contributed by atoms with van der Waals surface area (Å²) in [5, 5.41) is 3.08. The molecule has 1 heterocycles. The summed E-state index contributed by atoms with van der Waals surface area (Å²) in [6.45, 7) is 3.26. The number of alkyl halides is 3. The highest BCUT2D eigenvalue weighted by molar-refractivity contribution is 5.65. The maximum atomic E-state index is 12.3. The topological polar surface area (TPSA) is 34.4 Å². The van der Waals surface area contributed by atoms with Gasteiger partial charge in [0.15, 0.2) is 0 Å². The van der Waals surface area contributed by atoms with Crippen LogP contribution in [0.3, 0.4) is 0 Å². The quantitative estimate of drug-likeness (QED) is 0.903. The summed E-state index contributed by atoms with van der Waals surface area (Å²) < 4.78 is 46.6. The van der Waals surface area contributed by atoms with E-state index in [1.54, 1.807) is 18.2 Å². The van der Waals surface area contributed by atoms with Gasteiger partial charge in [0.25, 0.3) is 0 Å². The summed E-state index contributed by atoms with van der Waals surface area (Å²) in [5.74, 6) is 0.728. The van der Waals surface area contributed by atoms with Gasteiger partial charge in [-0.1, -0.05) is 19.1 Å². The van der Waals surface area contributed by atoms with E-state index in [9.17, 15) is 13.2 Å². The molecule has 0 bridgehead atoms. The summed E-state index contributed by atoms with van der Waals surface area (Å²) >= 11 is 0. The molecular formula is C14H14F3NO2. The van der Waals surface area contributed by atoms with Gasteiger partial charge in [0.2, 0.25) is 0 Å². The Morgan fingerprint density at radius 1 is 1.15 bits per heavy atom. The molecule has 20 heavy (non-hydrogen) atoms. The van der Waals surface area contributed by atoms with Gasteiger partial charge >= 0.3 is 6.36 Å². The van der Waals surface area contributed by atoms with Crippen molar-refractivity contribution in [2.75, 3.05) is 6.54 Å². The first kappa shape index (κ1) is 14.5. The van der Waals surface area contributed by atoms with Crippen LogP contribution in [0.1, 0.15) is 12.7 Å². The average Bonchev–Trinajstić information content (AvgIpc) is 2.83. The van der Waals surface area contributed by atoms with Gasteiger partial charge in [0.1, 0.15) is 17.3 Å². The number of hydrogen-bond acceptors (Lipinski definition) is 3. The van der Waals surface area contributed by atoms with Crippen molar-refractivity contribution < 1.29 is 22.3 Å². The Balaban J connectivity index is 2.26. The van der Waals surface area contributed by atoms with Crippen LogP contribution in [-0.4, -0.2) is 12.9 Å². The highest BCUT2D eigenvalue weighted by Crippen LogP contribution is 2.34. The molecule has 0 aliphatic carbocycles. The molecule has 6 heteroatoms. The van der Waals surface area contributed by atoms with E-state index >= 15 is 0 Å². The lowest BCUT2D eigenvalue weighted by molar-refractivity contribution is -0.274. The second-order valence-corrected chi connectivity index (χ2v) is 4.09. The fourth-order valence-electron chi connectivity index (χ4n) is 1.75. The van der Waals surface area contributed by atoms with Crippen LogP contribution in [0.15, 0.2) is 40.8 Å². The first-order chi connectivity index (χ1) is 9.49. The summed E-state index contributed by atoms with van der Waals surface area (Å²) in [6, 6.07) is 9.25. The van der Waals surface area contributed by atoms with Gasteiger partial charge in [0.05, 0.1) is 12.1 Å². The lowest BCUT2D eigenvalue weighted by Gasteiger charge is -2.11. The lowest BCUT2D eigenvalue weighted by atomic mass is 10.1.